The molecule has 4 rings (SSSR count). The molecule has 0 unspecified atom stereocenters. The average molecular weight is 410 g/mol. The summed E-state index contributed by atoms with van der Waals surface area (Å²) < 4.78 is 2.20. The largest absolute Gasteiger partial charge is 0.325 e. The Kier molecular flexibility index (Phi) is 5.46. The van der Waals surface area contributed by atoms with Crippen LogP contribution in [0.5, 0.6) is 0 Å². The van der Waals surface area contributed by atoms with E-state index in [2.05, 4.69) is 37.6 Å². The maximum absolute atomic E-state index is 12.6. The highest BCUT2D eigenvalue weighted by Gasteiger charge is 2.31. The van der Waals surface area contributed by atoms with Crippen LogP contribution in [-0.4, -0.2) is 25.9 Å². The summed E-state index contributed by atoms with van der Waals surface area (Å²) in [6.45, 7) is 1.87. The first-order valence-electron chi connectivity index (χ1n) is 9.08. The Balaban J connectivity index is 1.44. The van der Waals surface area contributed by atoms with Crippen molar-refractivity contribution in [3.8, 4) is 6.07 Å². The summed E-state index contributed by atoms with van der Waals surface area (Å²) in [5.74, 6) is 0.868. The Hall–Kier alpha value is -2.63. The highest BCUT2D eigenvalue weighted by molar-refractivity contribution is 8.00. The summed E-state index contributed by atoms with van der Waals surface area (Å²) in [6.07, 6.45) is 3.04. The first-order chi connectivity index (χ1) is 13.6. The van der Waals surface area contributed by atoms with Gasteiger partial charge >= 0.3 is 0 Å². The maximum atomic E-state index is 12.6. The van der Waals surface area contributed by atoms with Crippen molar-refractivity contribution >= 4 is 34.7 Å². The summed E-state index contributed by atoms with van der Waals surface area (Å²) in [5, 5.41) is 23.1. The molecule has 1 amide bonds. The molecule has 0 saturated heterocycles. The van der Waals surface area contributed by atoms with Gasteiger partial charge in [0.05, 0.1) is 16.9 Å². The van der Waals surface area contributed by atoms with E-state index in [0.717, 1.165) is 30.2 Å². The van der Waals surface area contributed by atoms with E-state index < -0.39 is 0 Å². The van der Waals surface area contributed by atoms with Crippen LogP contribution in [0.25, 0.3) is 0 Å². The van der Waals surface area contributed by atoms with Crippen molar-refractivity contribution < 1.29 is 4.79 Å². The molecule has 6 nitrogen and oxygen atoms in total. The molecule has 3 aromatic rings. The second-order valence-corrected chi connectivity index (χ2v) is 9.03. The van der Waals surface area contributed by atoms with Crippen LogP contribution in [0.2, 0.25) is 0 Å². The van der Waals surface area contributed by atoms with Crippen LogP contribution >= 0.6 is 23.1 Å². The van der Waals surface area contributed by atoms with E-state index in [-0.39, 0.29) is 11.2 Å². The molecule has 1 atom stereocenters. The average Bonchev–Trinajstić information content (AvgIpc) is 3.26. The normalized spacial score (nSPS) is 14.4. The van der Waals surface area contributed by atoms with E-state index in [0.29, 0.717) is 17.3 Å². The number of benzene rings is 1. The van der Waals surface area contributed by atoms with Gasteiger partial charge in [-0.15, -0.1) is 21.5 Å². The van der Waals surface area contributed by atoms with E-state index in [1.54, 1.807) is 35.6 Å². The Morgan fingerprint density at radius 2 is 2.14 bits per heavy atom. The smallest absolute Gasteiger partial charge is 0.237 e. The second kappa shape index (κ2) is 8.17. The van der Waals surface area contributed by atoms with Gasteiger partial charge in [-0.05, 0) is 55.5 Å². The molecule has 28 heavy (non-hydrogen) atoms. The molecule has 142 valence electrons. The minimum atomic E-state index is -0.313. The third-order valence-electron chi connectivity index (χ3n) is 4.49. The zero-order valence-corrected chi connectivity index (χ0v) is 17.0. The number of nitrogens with one attached hydrogen (secondary N) is 1. The van der Waals surface area contributed by atoms with Crippen molar-refractivity contribution in [2.24, 2.45) is 0 Å². The monoisotopic (exact) mass is 409 g/mol. The van der Waals surface area contributed by atoms with Gasteiger partial charge < -0.3 is 9.88 Å². The highest BCUT2D eigenvalue weighted by atomic mass is 32.2. The Morgan fingerprint density at radius 1 is 1.36 bits per heavy atom. The van der Waals surface area contributed by atoms with Crippen LogP contribution in [0, 0.1) is 11.3 Å². The number of hydrogen-bond donors (Lipinski definition) is 1. The fourth-order valence-corrected chi connectivity index (χ4v) is 4.50. The highest BCUT2D eigenvalue weighted by Crippen LogP contribution is 2.40. The van der Waals surface area contributed by atoms with E-state index in [1.807, 2.05) is 13.0 Å². The minimum Gasteiger partial charge on any atom is -0.325 e. The maximum Gasteiger partial charge on any atom is 0.237 e. The molecule has 1 aliphatic rings. The topological polar surface area (TPSA) is 83.6 Å². The number of thioether (sulfide) groups is 1. The number of thiophene rings is 1. The van der Waals surface area contributed by atoms with E-state index in [4.69, 9.17) is 5.26 Å². The number of carbonyl (C=O) groups excluding carboxylic acids is 1. The molecular weight excluding hydrogens is 390 g/mol. The van der Waals surface area contributed by atoms with Gasteiger partial charge in [-0.2, -0.15) is 5.26 Å². The summed E-state index contributed by atoms with van der Waals surface area (Å²) in [6, 6.07) is 13.5. The Labute approximate surface area is 171 Å². The third-order valence-corrected chi connectivity index (χ3v) is 6.43. The first kappa shape index (κ1) is 18.7. The van der Waals surface area contributed by atoms with Crippen LogP contribution in [0.1, 0.15) is 42.1 Å². The summed E-state index contributed by atoms with van der Waals surface area (Å²) in [4.78, 5) is 13.8. The predicted octanol–water partition coefficient (Wildman–Crippen LogP) is 4.26. The number of hydrogen-bond acceptors (Lipinski definition) is 6. The number of nitriles is 1. The molecule has 1 N–H and O–H groups in total. The van der Waals surface area contributed by atoms with Gasteiger partial charge in [0.25, 0.3) is 0 Å². The number of carbonyl (C=O) groups is 1. The Morgan fingerprint density at radius 3 is 2.79 bits per heavy atom. The fourth-order valence-electron chi connectivity index (χ4n) is 2.86. The molecule has 0 aliphatic heterocycles. The molecule has 8 heteroatoms. The van der Waals surface area contributed by atoms with Gasteiger partial charge in [0, 0.05) is 23.0 Å². The molecule has 1 aliphatic carbocycles. The SMILES string of the molecule is C[C@@H](Sc1nnc(Cc2cccs2)n1C1CC1)C(=O)Nc1ccc(C#N)cc1. The zero-order valence-electron chi connectivity index (χ0n) is 15.3. The van der Waals surface area contributed by atoms with Gasteiger partial charge in [-0.1, -0.05) is 17.8 Å². The molecule has 2 aromatic heterocycles. The third kappa shape index (κ3) is 4.26. The van der Waals surface area contributed by atoms with Gasteiger partial charge in [0.15, 0.2) is 5.16 Å². The quantitative estimate of drug-likeness (QED) is 0.590. The lowest BCUT2D eigenvalue weighted by atomic mass is 10.2. The van der Waals surface area contributed by atoms with Gasteiger partial charge in [0.1, 0.15) is 5.82 Å². The van der Waals surface area contributed by atoms with E-state index >= 15 is 0 Å². The van der Waals surface area contributed by atoms with Crippen molar-refractivity contribution in [2.45, 2.75) is 42.6 Å². The zero-order chi connectivity index (χ0) is 19.5. The summed E-state index contributed by atoms with van der Waals surface area (Å²) in [7, 11) is 0. The number of nitrogens with zero attached hydrogens (tertiary/aromatic N) is 4. The van der Waals surface area contributed by atoms with Crippen LogP contribution < -0.4 is 5.32 Å². The van der Waals surface area contributed by atoms with Crippen molar-refractivity contribution in [1.82, 2.24) is 14.8 Å². The fraction of sp³-hybridized carbons (Fsp3) is 0.300. The molecule has 1 fully saturated rings. The van der Waals surface area contributed by atoms with Crippen LogP contribution in [0.4, 0.5) is 5.69 Å². The molecule has 0 bridgehead atoms. The van der Waals surface area contributed by atoms with E-state index in [9.17, 15) is 4.79 Å². The molecule has 2 heterocycles. The number of amides is 1. The van der Waals surface area contributed by atoms with Crippen LogP contribution in [0.3, 0.4) is 0 Å². The lowest BCUT2D eigenvalue weighted by molar-refractivity contribution is -0.115. The molecule has 1 saturated carbocycles. The minimum absolute atomic E-state index is 0.0974. The van der Waals surface area contributed by atoms with Gasteiger partial charge in [-0.25, -0.2) is 0 Å². The van der Waals surface area contributed by atoms with Crippen molar-refractivity contribution in [2.75, 3.05) is 5.32 Å². The molecular formula is C20H19N5OS2. The van der Waals surface area contributed by atoms with Gasteiger partial charge in [0.2, 0.25) is 5.91 Å². The van der Waals surface area contributed by atoms with E-state index in [1.165, 1.54) is 16.6 Å². The second-order valence-electron chi connectivity index (χ2n) is 6.69. The number of aromatic nitrogens is 3. The summed E-state index contributed by atoms with van der Waals surface area (Å²) >= 11 is 3.15. The Bertz CT molecular complexity index is 1000. The van der Waals surface area contributed by atoms with Crippen molar-refractivity contribution in [3.63, 3.8) is 0 Å². The molecule has 1 aromatic carbocycles. The lowest BCUT2D eigenvalue weighted by Crippen LogP contribution is -2.23. The van der Waals surface area contributed by atoms with Crippen LogP contribution in [0.15, 0.2) is 46.9 Å². The summed E-state index contributed by atoms with van der Waals surface area (Å²) in [5.41, 5.74) is 1.25. The molecule has 0 spiro atoms. The van der Waals surface area contributed by atoms with Crippen molar-refractivity contribution in [3.05, 3.63) is 58.0 Å². The van der Waals surface area contributed by atoms with Crippen LogP contribution in [-0.2, 0) is 11.2 Å². The first-order valence-corrected chi connectivity index (χ1v) is 10.8. The van der Waals surface area contributed by atoms with Crippen molar-refractivity contribution in [1.29, 1.82) is 5.26 Å². The molecule has 0 radical (unpaired) electrons. The number of anilines is 1. The lowest BCUT2D eigenvalue weighted by Gasteiger charge is -2.13. The predicted molar refractivity (Wildman–Crippen MR) is 111 cm³/mol. The van der Waals surface area contributed by atoms with Gasteiger partial charge in [-0.3, -0.25) is 4.79 Å². The number of rotatable bonds is 7. The standard InChI is InChI=1S/C20H19N5OS2/c1-13(19(26)22-15-6-4-14(12-21)5-7-15)28-20-24-23-18(25(20)16-8-9-16)11-17-3-2-10-27-17/h2-7,10,13,16H,8-9,11H2,1H3,(H,22,26)/t13-/m1/s1.